The third-order valence-electron chi connectivity index (χ3n) is 22.1. The molecule has 9 heteroatoms. The van der Waals surface area contributed by atoms with Gasteiger partial charge in [-0.05, 0) is 180 Å². The van der Waals surface area contributed by atoms with Crippen LogP contribution in [-0.4, -0.2) is 15.0 Å². The van der Waals surface area contributed by atoms with E-state index in [-0.39, 0.29) is 94.7 Å². The summed E-state index contributed by atoms with van der Waals surface area (Å²) in [6.07, 6.45) is -2.10. The number of rotatable bonds is 12. The lowest BCUT2D eigenvalue weighted by atomic mass is 9.64. The number of furan rings is 3. The van der Waals surface area contributed by atoms with E-state index in [0.29, 0.717) is 44.5 Å². The first-order valence-electron chi connectivity index (χ1n) is 62.4. The van der Waals surface area contributed by atoms with Crippen molar-refractivity contribution in [3.05, 3.63) is 248 Å². The molecule has 15 aromatic rings. The summed E-state index contributed by atoms with van der Waals surface area (Å²) in [5.74, 6) is -23.2. The Hall–Kier alpha value is -10.4. The van der Waals surface area contributed by atoms with E-state index >= 15 is 0 Å². The number of pyridine rings is 6. The number of aryl methyl sites for hydroxylation is 9. The fourth-order valence-corrected chi connectivity index (χ4v) is 17.1. The van der Waals surface area contributed by atoms with E-state index in [1.54, 1.807) is 45.2 Å². The number of aromatic nitrogens is 6. The van der Waals surface area contributed by atoms with Crippen molar-refractivity contribution < 1.29 is 99.6 Å². The molecule has 570 valence electrons. The van der Waals surface area contributed by atoms with Gasteiger partial charge in [-0.15, -0.1) is 0 Å². The maximum atomic E-state index is 9.67. The topological polar surface area (TPSA) is 89.7 Å². The van der Waals surface area contributed by atoms with Crippen molar-refractivity contribution in [3.63, 3.8) is 0 Å². The van der Waals surface area contributed by atoms with Crippen LogP contribution in [0.4, 0.5) is 0 Å². The summed E-state index contributed by atoms with van der Waals surface area (Å²) in [4.78, 5) is 14.1. The predicted octanol–water partition coefficient (Wildman–Crippen LogP) is 25.9. The SMILES string of the molecule is [2H]C([2H])([2H])c1c[n+](C)c(-c2c(C)ccc3c2oc2nc4c(cc23)-c2ccccc2C4(C([2H])(C)C([2H])([2H])[2H])C([2H])(C([2H])([2H])[2H])C([2H])([2H])[2H])cc1C([2H])(C([2H])([2H])[2H])C([2H])([2H])[2H].[2H]C([2H])([2H])c1c[n+](C)c(-c2c(C)ccc3c2oc2nc4c(cc23)-c2ccccc2C4(C([2H])([2H])C([2H])(C)C([2H])([2H])[2H])C([2H])([2H])C([2H])(C)C([2H])([2H])[2H])cc1C([2H])(C([2H])([2H])[2H])C([2H])([2H])[2H].[2H]C([2H])([2H])c1c[n+](C)c(-c2c(C)ccc3c2oc2ncc4c(c23)C(C)(C)c2ccccc2-4)cc1C([2H])(C([2H])([2H])[2H])C([2H])([2H])[2H]. The fraction of sp³-hybridized carbons (Fsp3) is 0.359. The van der Waals surface area contributed by atoms with Gasteiger partial charge in [0, 0.05) is 174 Å². The predicted molar refractivity (Wildman–Crippen MR) is 464 cm³/mol. The molecule has 3 aliphatic carbocycles. The van der Waals surface area contributed by atoms with Crippen molar-refractivity contribution in [2.75, 3.05) is 0 Å². The molecule has 9 nitrogen and oxygen atoms in total. The van der Waals surface area contributed by atoms with Crippen LogP contribution in [0, 0.1) is 64.9 Å². The van der Waals surface area contributed by atoms with Crippen LogP contribution in [-0.2, 0) is 37.4 Å². The fourth-order valence-electron chi connectivity index (χ4n) is 17.1. The first kappa shape index (κ1) is 35.8. The van der Waals surface area contributed by atoms with Crippen LogP contribution in [0.25, 0.3) is 133 Å². The number of hydrogen-bond acceptors (Lipinski definition) is 6. The van der Waals surface area contributed by atoms with Crippen molar-refractivity contribution in [3.8, 4) is 67.2 Å². The molecule has 9 aromatic heterocycles. The molecule has 0 fully saturated rings. The lowest BCUT2D eigenvalue weighted by molar-refractivity contribution is -0.660. The molecule has 0 N–H and O–H groups in total. The second kappa shape index (κ2) is 27.8. The van der Waals surface area contributed by atoms with Gasteiger partial charge in [0.25, 0.3) is 0 Å². The number of nitrogens with zero attached hydrogens (tertiary/aromatic N) is 6. The number of hydrogen-bond donors (Lipinski definition) is 0. The molecular weight excluding hydrogens is 1370 g/mol. The molecule has 0 bridgehead atoms. The van der Waals surface area contributed by atoms with E-state index in [4.69, 9.17) is 82.7 Å². The molecule has 18 rings (SSSR count). The van der Waals surface area contributed by atoms with Crippen molar-refractivity contribution in [1.29, 1.82) is 0 Å². The van der Waals surface area contributed by atoms with Gasteiger partial charge >= 0.3 is 0 Å². The van der Waals surface area contributed by atoms with E-state index in [1.165, 1.54) is 106 Å². The lowest BCUT2D eigenvalue weighted by Crippen LogP contribution is -2.38. The molecule has 4 unspecified atom stereocenters. The highest BCUT2D eigenvalue weighted by Crippen LogP contribution is 2.59. The first-order valence-corrected chi connectivity index (χ1v) is 35.9. The minimum atomic E-state index is -3.75. The summed E-state index contributed by atoms with van der Waals surface area (Å²) in [6, 6.07) is 36.1. The Morgan fingerprint density at radius 1 is 0.420 bits per heavy atom. The Labute approximate surface area is 737 Å². The van der Waals surface area contributed by atoms with E-state index in [2.05, 4.69) is 35.9 Å². The van der Waals surface area contributed by atoms with Gasteiger partial charge in [0.1, 0.15) is 21.1 Å². The standard InChI is InChI=1S/C37H43N2O.C35H39N2O.C31H31N2O/c1-21(2)18-37(19-22(3)4)31-13-11-10-12-26(31)29-16-30-27-15-14-24(7)33(34(27)40-36(30)38-35(29)37)32-17-28(23(5)6)25(8)20-39(32)9;1-19(2)26-17-30(37(9)18-23(26)8)31-22(7)14-15-25-28-16-27-24-12-10-11-13-29(24)35(20(3)4,21(5)6)33(27)36-34(28)38-32(25)31;1-17(2)22-14-25(33(7)16-19(22)4)26-18(3)12-13-21-27-28-23(15-32-30(27)34-29(21)26)20-10-8-9-11-24(20)31(28,5)6/h10-17,20-23H,18-19H2,1-9H3;10-21H,1-9H3;8-17H,1-7H3/q3*+1/i1D3,3D3,5D3,6D3,8D3,18D2,19D2,21D,22D,23D;1D3,2D3,3D3,4D3,5D3,8D3,19D,20D,21D;1D3,2D3,4D3,17D. The van der Waals surface area contributed by atoms with Crippen molar-refractivity contribution >= 4 is 66.2 Å². The normalized spacial score (nSPS) is 26.7. The zero-order valence-corrected chi connectivity index (χ0v) is 63.0. The molecule has 0 spiro atoms. The van der Waals surface area contributed by atoms with Crippen LogP contribution in [0.3, 0.4) is 0 Å². The van der Waals surface area contributed by atoms with Crippen LogP contribution in [0.1, 0.15) is 297 Å². The van der Waals surface area contributed by atoms with Gasteiger partial charge in [0.05, 0.1) is 33.5 Å². The molecule has 6 aromatic carbocycles. The van der Waals surface area contributed by atoms with Gasteiger partial charge in [0.15, 0.2) is 35.3 Å². The summed E-state index contributed by atoms with van der Waals surface area (Å²) in [6.45, 7) is -36.1. The Balaban J connectivity index is 0.000000176. The minimum Gasteiger partial charge on any atom is -0.437 e. The van der Waals surface area contributed by atoms with Crippen molar-refractivity contribution in [1.82, 2.24) is 15.0 Å². The third kappa shape index (κ3) is 11.6. The monoisotopic (exact) mass is 1540 g/mol. The summed E-state index contributed by atoms with van der Waals surface area (Å²) >= 11 is 0. The van der Waals surface area contributed by atoms with E-state index in [9.17, 15) is 8.22 Å². The van der Waals surface area contributed by atoms with Crippen LogP contribution in [0.2, 0.25) is 0 Å². The van der Waals surface area contributed by atoms with Crippen LogP contribution in [0.15, 0.2) is 178 Å². The van der Waals surface area contributed by atoms with E-state index < -0.39 is 206 Å². The van der Waals surface area contributed by atoms with Crippen LogP contribution < -0.4 is 13.7 Å². The molecule has 0 aliphatic heterocycles. The largest absolute Gasteiger partial charge is 0.437 e. The molecule has 0 saturated heterocycles. The average Bonchev–Trinajstić information content (AvgIpc) is 1.49. The minimum absolute atomic E-state index is 0.00447. The Kier molecular flexibility index (Phi) is 8.87. The maximum Gasteiger partial charge on any atom is 0.227 e. The molecule has 0 amide bonds. The zero-order valence-electron chi connectivity index (χ0n) is 116. The summed E-state index contributed by atoms with van der Waals surface area (Å²) in [7, 11) is 4.44. The van der Waals surface area contributed by atoms with E-state index in [1.807, 2.05) is 37.4 Å². The zero-order chi connectivity index (χ0) is 125. The summed E-state index contributed by atoms with van der Waals surface area (Å²) in [5.41, 5.74) is -4.57. The lowest BCUT2D eigenvalue weighted by Gasteiger charge is -2.39. The van der Waals surface area contributed by atoms with Crippen LogP contribution in [0.5, 0.6) is 0 Å². The Morgan fingerprint density at radius 2 is 0.830 bits per heavy atom. The molecule has 0 radical (unpaired) electrons. The van der Waals surface area contributed by atoms with Crippen molar-refractivity contribution in [2.45, 2.75) is 198 Å². The Morgan fingerprint density at radius 3 is 1.29 bits per heavy atom. The van der Waals surface area contributed by atoms with Gasteiger partial charge in [0.2, 0.25) is 34.2 Å². The Bertz CT molecular complexity index is 8620. The van der Waals surface area contributed by atoms with E-state index in [0.717, 1.165) is 78.3 Å². The van der Waals surface area contributed by atoms with Gasteiger partial charge < -0.3 is 13.3 Å². The van der Waals surface area contributed by atoms with Gasteiger partial charge in [-0.2, -0.15) is 0 Å². The molecular formula is C103H113N6O3+3. The summed E-state index contributed by atoms with van der Waals surface area (Å²) in [5, 5.41) is 2.64. The van der Waals surface area contributed by atoms with Gasteiger partial charge in [-0.25, -0.2) is 28.7 Å². The van der Waals surface area contributed by atoms with Gasteiger partial charge in [-0.3, -0.25) is 0 Å². The highest BCUT2D eigenvalue weighted by Gasteiger charge is 2.50. The second-order valence-corrected chi connectivity index (χ2v) is 29.6. The van der Waals surface area contributed by atoms with Gasteiger partial charge in [-0.1, -0.05) is 219 Å². The van der Waals surface area contributed by atoms with Crippen molar-refractivity contribution in [2.24, 2.45) is 44.7 Å². The highest BCUT2D eigenvalue weighted by molar-refractivity contribution is 6.14. The quantitative estimate of drug-likeness (QED) is 0.113. The summed E-state index contributed by atoms with van der Waals surface area (Å²) < 4.78 is 473. The van der Waals surface area contributed by atoms with Crippen LogP contribution >= 0.6 is 0 Å². The maximum absolute atomic E-state index is 9.67. The molecule has 112 heavy (non-hydrogen) atoms. The second-order valence-electron chi connectivity index (χ2n) is 29.6. The molecule has 0 saturated carbocycles. The number of fused-ring (bicyclic) bond motifs is 19. The molecule has 3 aliphatic rings. The number of benzene rings is 6. The molecule has 9 heterocycles. The average molecular weight is 1540 g/mol. The molecule has 4 atom stereocenters. The smallest absolute Gasteiger partial charge is 0.227 e. The third-order valence-corrected chi connectivity index (χ3v) is 22.1. The first-order chi connectivity index (χ1) is 74.3. The highest BCUT2D eigenvalue weighted by atomic mass is 16.3.